The van der Waals surface area contributed by atoms with Gasteiger partial charge in [0, 0.05) is 13.2 Å². The standard InChI is InChI=1S/C15H14N6O/c1-20(14-4-2-3-9-16-14)15(22)10-12-5-7-13(8-6-12)21-11-17-18-19-21/h2-9,11H,10H2,1H3. The molecule has 0 N–H and O–H groups in total. The molecule has 0 aliphatic heterocycles. The maximum absolute atomic E-state index is 12.3. The minimum Gasteiger partial charge on any atom is -0.300 e. The average Bonchev–Trinajstić information content (AvgIpc) is 3.10. The van der Waals surface area contributed by atoms with E-state index < -0.39 is 0 Å². The normalized spacial score (nSPS) is 10.4. The number of tetrazole rings is 1. The molecule has 0 unspecified atom stereocenters. The molecule has 1 amide bonds. The quantitative estimate of drug-likeness (QED) is 0.724. The van der Waals surface area contributed by atoms with Gasteiger partial charge in [-0.25, -0.2) is 9.67 Å². The van der Waals surface area contributed by atoms with Gasteiger partial charge in [-0.1, -0.05) is 18.2 Å². The van der Waals surface area contributed by atoms with Crippen LogP contribution in [-0.2, 0) is 11.2 Å². The molecule has 0 saturated heterocycles. The molecular weight excluding hydrogens is 280 g/mol. The Bertz CT molecular complexity index is 739. The van der Waals surface area contributed by atoms with Crippen molar-refractivity contribution in [2.45, 2.75) is 6.42 Å². The predicted molar refractivity (Wildman–Crippen MR) is 80.5 cm³/mol. The lowest BCUT2D eigenvalue weighted by Gasteiger charge is -2.16. The number of hydrogen-bond acceptors (Lipinski definition) is 5. The van der Waals surface area contributed by atoms with E-state index in [1.807, 2.05) is 36.4 Å². The lowest BCUT2D eigenvalue weighted by molar-refractivity contribution is -0.117. The average molecular weight is 294 g/mol. The largest absolute Gasteiger partial charge is 0.300 e. The molecule has 0 atom stereocenters. The number of benzene rings is 1. The smallest absolute Gasteiger partial charge is 0.232 e. The maximum Gasteiger partial charge on any atom is 0.232 e. The number of rotatable bonds is 4. The van der Waals surface area contributed by atoms with Gasteiger partial charge in [0.05, 0.1) is 12.1 Å². The van der Waals surface area contributed by atoms with Crippen LogP contribution in [0, 0.1) is 0 Å². The van der Waals surface area contributed by atoms with Gasteiger partial charge < -0.3 is 0 Å². The van der Waals surface area contributed by atoms with Crippen molar-refractivity contribution in [3.63, 3.8) is 0 Å². The Morgan fingerprint density at radius 2 is 2.00 bits per heavy atom. The first kappa shape index (κ1) is 13.9. The SMILES string of the molecule is CN(C(=O)Cc1ccc(-n2cnnn2)cc1)c1ccccn1. The highest BCUT2D eigenvalue weighted by Gasteiger charge is 2.12. The van der Waals surface area contributed by atoms with E-state index in [2.05, 4.69) is 20.5 Å². The molecule has 22 heavy (non-hydrogen) atoms. The molecule has 7 nitrogen and oxygen atoms in total. The highest BCUT2D eigenvalue weighted by atomic mass is 16.2. The van der Waals surface area contributed by atoms with E-state index in [1.54, 1.807) is 28.9 Å². The number of anilines is 1. The summed E-state index contributed by atoms with van der Waals surface area (Å²) in [5.74, 6) is 0.617. The van der Waals surface area contributed by atoms with Crippen LogP contribution in [0.5, 0.6) is 0 Å². The highest BCUT2D eigenvalue weighted by molar-refractivity contribution is 5.93. The monoisotopic (exact) mass is 294 g/mol. The minimum atomic E-state index is -0.0196. The molecule has 3 aromatic rings. The summed E-state index contributed by atoms with van der Waals surface area (Å²) in [5, 5.41) is 11.0. The first-order valence-corrected chi connectivity index (χ1v) is 6.74. The first-order valence-electron chi connectivity index (χ1n) is 6.74. The number of likely N-dealkylation sites (N-methyl/N-ethyl adjacent to an activating group) is 1. The molecule has 0 aliphatic rings. The maximum atomic E-state index is 12.3. The van der Waals surface area contributed by atoms with Crippen molar-refractivity contribution >= 4 is 11.7 Å². The molecule has 0 radical (unpaired) electrons. The van der Waals surface area contributed by atoms with Gasteiger partial charge in [-0.05, 0) is 40.3 Å². The van der Waals surface area contributed by atoms with Crippen LogP contribution in [0.15, 0.2) is 55.0 Å². The van der Waals surface area contributed by atoms with Crippen molar-refractivity contribution in [2.75, 3.05) is 11.9 Å². The molecule has 3 rings (SSSR count). The van der Waals surface area contributed by atoms with Crippen molar-refractivity contribution in [3.05, 3.63) is 60.6 Å². The van der Waals surface area contributed by atoms with Crippen molar-refractivity contribution in [2.24, 2.45) is 0 Å². The summed E-state index contributed by atoms with van der Waals surface area (Å²) in [4.78, 5) is 18.0. The fraction of sp³-hybridized carbons (Fsp3) is 0.133. The van der Waals surface area contributed by atoms with E-state index in [0.29, 0.717) is 12.2 Å². The van der Waals surface area contributed by atoms with E-state index in [0.717, 1.165) is 11.3 Å². The molecule has 0 saturated carbocycles. The molecule has 1 aromatic carbocycles. The summed E-state index contributed by atoms with van der Waals surface area (Å²) in [5.41, 5.74) is 1.77. The number of carbonyl (C=O) groups is 1. The van der Waals surface area contributed by atoms with Crippen molar-refractivity contribution in [3.8, 4) is 5.69 Å². The molecule has 0 fully saturated rings. The van der Waals surface area contributed by atoms with E-state index in [-0.39, 0.29) is 5.91 Å². The molecular formula is C15H14N6O. The Balaban J connectivity index is 1.69. The van der Waals surface area contributed by atoms with Gasteiger partial charge in [0.25, 0.3) is 0 Å². The lowest BCUT2D eigenvalue weighted by atomic mass is 10.1. The van der Waals surface area contributed by atoms with Crippen LogP contribution in [0.1, 0.15) is 5.56 Å². The molecule has 110 valence electrons. The zero-order chi connectivity index (χ0) is 15.4. The second-order valence-electron chi connectivity index (χ2n) is 4.74. The van der Waals surface area contributed by atoms with E-state index in [4.69, 9.17) is 0 Å². The number of hydrogen-bond donors (Lipinski definition) is 0. The third-order valence-electron chi connectivity index (χ3n) is 3.27. The molecule has 7 heteroatoms. The molecule has 0 aliphatic carbocycles. The fourth-order valence-electron chi connectivity index (χ4n) is 2.02. The summed E-state index contributed by atoms with van der Waals surface area (Å²) in [6, 6.07) is 13.0. The second kappa shape index (κ2) is 6.13. The van der Waals surface area contributed by atoms with E-state index >= 15 is 0 Å². The van der Waals surface area contributed by atoms with E-state index in [1.165, 1.54) is 6.33 Å². The number of amides is 1. The van der Waals surface area contributed by atoms with Crippen LogP contribution in [0.3, 0.4) is 0 Å². The van der Waals surface area contributed by atoms with Gasteiger partial charge in [0.2, 0.25) is 5.91 Å². The molecule has 2 aromatic heterocycles. The number of carbonyl (C=O) groups excluding carboxylic acids is 1. The Labute approximate surface area is 127 Å². The number of nitrogens with zero attached hydrogens (tertiary/aromatic N) is 6. The van der Waals surface area contributed by atoms with Crippen LogP contribution in [0.25, 0.3) is 5.69 Å². The Hall–Kier alpha value is -3.09. The number of pyridine rings is 1. The summed E-state index contributed by atoms with van der Waals surface area (Å²) in [7, 11) is 1.72. The Morgan fingerprint density at radius 1 is 1.18 bits per heavy atom. The van der Waals surface area contributed by atoms with Crippen LogP contribution in [0.2, 0.25) is 0 Å². The topological polar surface area (TPSA) is 76.8 Å². The van der Waals surface area contributed by atoms with Crippen molar-refractivity contribution in [1.82, 2.24) is 25.2 Å². The third kappa shape index (κ3) is 2.98. The summed E-state index contributed by atoms with van der Waals surface area (Å²) in [6.45, 7) is 0. The van der Waals surface area contributed by atoms with Gasteiger partial charge in [-0.15, -0.1) is 5.10 Å². The molecule has 2 heterocycles. The molecule has 0 bridgehead atoms. The molecule has 0 spiro atoms. The predicted octanol–water partition coefficient (Wildman–Crippen LogP) is 1.26. The minimum absolute atomic E-state index is 0.0196. The van der Waals surface area contributed by atoms with Gasteiger partial charge in [-0.3, -0.25) is 9.69 Å². The first-order chi connectivity index (χ1) is 10.7. The van der Waals surface area contributed by atoms with Crippen LogP contribution in [-0.4, -0.2) is 38.1 Å². The van der Waals surface area contributed by atoms with Gasteiger partial charge in [0.1, 0.15) is 12.1 Å². The van der Waals surface area contributed by atoms with Gasteiger partial charge in [0.15, 0.2) is 0 Å². The number of aromatic nitrogens is 5. The second-order valence-corrected chi connectivity index (χ2v) is 4.74. The van der Waals surface area contributed by atoms with E-state index in [9.17, 15) is 4.79 Å². The van der Waals surface area contributed by atoms with Gasteiger partial charge >= 0.3 is 0 Å². The Kier molecular flexibility index (Phi) is 3.86. The van der Waals surface area contributed by atoms with Crippen LogP contribution in [0.4, 0.5) is 5.82 Å². The van der Waals surface area contributed by atoms with Crippen molar-refractivity contribution in [1.29, 1.82) is 0 Å². The lowest BCUT2D eigenvalue weighted by Crippen LogP contribution is -2.28. The van der Waals surface area contributed by atoms with Crippen molar-refractivity contribution < 1.29 is 4.79 Å². The fourth-order valence-corrected chi connectivity index (χ4v) is 2.02. The summed E-state index contributed by atoms with van der Waals surface area (Å²) in [6.07, 6.45) is 3.50. The van der Waals surface area contributed by atoms with Crippen LogP contribution < -0.4 is 4.90 Å². The van der Waals surface area contributed by atoms with Gasteiger partial charge in [-0.2, -0.15) is 0 Å². The summed E-state index contributed by atoms with van der Waals surface area (Å²) >= 11 is 0. The van der Waals surface area contributed by atoms with Crippen LogP contribution >= 0.6 is 0 Å². The Morgan fingerprint density at radius 3 is 2.64 bits per heavy atom. The third-order valence-corrected chi connectivity index (χ3v) is 3.27. The summed E-state index contributed by atoms with van der Waals surface area (Å²) < 4.78 is 1.56. The highest BCUT2D eigenvalue weighted by Crippen LogP contribution is 2.12. The zero-order valence-electron chi connectivity index (χ0n) is 12.0. The zero-order valence-corrected chi connectivity index (χ0v) is 12.0.